The summed E-state index contributed by atoms with van der Waals surface area (Å²) < 4.78 is 28.4. The molecule has 0 saturated carbocycles. The molecule has 18 heavy (non-hydrogen) atoms. The summed E-state index contributed by atoms with van der Waals surface area (Å²) in [5.74, 6) is -0.259. The smallest absolute Gasteiger partial charge is 0.313 e. The van der Waals surface area contributed by atoms with Crippen LogP contribution in [0.1, 0.15) is 24.6 Å². The Morgan fingerprint density at radius 2 is 2.06 bits per heavy atom. The summed E-state index contributed by atoms with van der Waals surface area (Å²) in [6.45, 7) is 4.14. The van der Waals surface area contributed by atoms with Crippen LogP contribution in [0.15, 0.2) is 17.5 Å². The number of hydrogen-bond acceptors (Lipinski definition) is 6. The summed E-state index contributed by atoms with van der Waals surface area (Å²) >= 11 is 1.58. The van der Waals surface area contributed by atoms with E-state index in [9.17, 15) is 13.2 Å². The van der Waals surface area contributed by atoms with Crippen molar-refractivity contribution < 1.29 is 22.1 Å². The highest BCUT2D eigenvalue weighted by Gasteiger charge is 2.16. The van der Waals surface area contributed by atoms with Crippen LogP contribution in [0.25, 0.3) is 0 Å². The minimum atomic E-state index is -3.16. The molecule has 0 aliphatic heterocycles. The minimum absolute atomic E-state index is 0.120. The summed E-state index contributed by atoms with van der Waals surface area (Å²) in [4.78, 5) is 12.3. The number of thiophene rings is 1. The van der Waals surface area contributed by atoms with Crippen LogP contribution in [0, 0.1) is 0 Å². The van der Waals surface area contributed by atoms with E-state index in [4.69, 9.17) is 4.74 Å². The Bertz CT molecular complexity index is 436. The van der Waals surface area contributed by atoms with Gasteiger partial charge in [0.05, 0.1) is 25.9 Å². The quantitative estimate of drug-likeness (QED) is 0.627. The van der Waals surface area contributed by atoms with Gasteiger partial charge < -0.3 is 4.74 Å². The Morgan fingerprint density at radius 1 is 1.50 bits per heavy atom. The predicted molar refractivity (Wildman–Crippen MR) is 71.2 cm³/mol. The summed E-state index contributed by atoms with van der Waals surface area (Å²) in [5.41, 5.74) is 0. The van der Waals surface area contributed by atoms with E-state index in [0.717, 1.165) is 18.2 Å². The molecule has 0 aliphatic carbocycles. The molecule has 5 nitrogen and oxygen atoms in total. The third-order valence-electron chi connectivity index (χ3n) is 1.91. The monoisotopic (exact) mass is 294 g/mol. The highest BCUT2D eigenvalue weighted by molar-refractivity contribution is 7.85. The Morgan fingerprint density at radius 3 is 2.39 bits per heavy atom. The van der Waals surface area contributed by atoms with Gasteiger partial charge in [0.25, 0.3) is 10.1 Å². The van der Waals surface area contributed by atoms with Crippen molar-refractivity contribution in [2.75, 3.05) is 20.0 Å². The van der Waals surface area contributed by atoms with Crippen LogP contribution < -0.4 is 0 Å². The fraction of sp³-hybridized carbons (Fsp3) is 0.545. The van der Waals surface area contributed by atoms with Crippen LogP contribution in [-0.2, 0) is 23.8 Å². The highest BCUT2D eigenvalue weighted by Crippen LogP contribution is 2.21. The zero-order valence-corrected chi connectivity index (χ0v) is 12.5. The van der Waals surface area contributed by atoms with Gasteiger partial charge in [0.1, 0.15) is 0 Å². The SMILES string of the molecule is CCOC(=O)C(C)c1cccs1.COS(C)(=O)=O. The maximum Gasteiger partial charge on any atom is 0.313 e. The van der Waals surface area contributed by atoms with Crippen molar-refractivity contribution in [1.29, 1.82) is 0 Å². The van der Waals surface area contributed by atoms with Crippen molar-refractivity contribution in [2.45, 2.75) is 19.8 Å². The molecule has 7 heteroatoms. The van der Waals surface area contributed by atoms with Gasteiger partial charge in [0.15, 0.2) is 0 Å². The van der Waals surface area contributed by atoms with Crippen molar-refractivity contribution in [2.24, 2.45) is 0 Å². The van der Waals surface area contributed by atoms with Crippen LogP contribution in [0.5, 0.6) is 0 Å². The van der Waals surface area contributed by atoms with E-state index in [1.165, 1.54) is 0 Å². The number of carbonyl (C=O) groups is 1. The van der Waals surface area contributed by atoms with E-state index >= 15 is 0 Å². The lowest BCUT2D eigenvalue weighted by Gasteiger charge is -2.07. The van der Waals surface area contributed by atoms with E-state index in [2.05, 4.69) is 4.18 Å². The molecule has 0 aliphatic rings. The van der Waals surface area contributed by atoms with Crippen molar-refractivity contribution in [3.63, 3.8) is 0 Å². The van der Waals surface area contributed by atoms with Gasteiger partial charge in [-0.05, 0) is 25.3 Å². The fourth-order valence-electron chi connectivity index (χ4n) is 0.921. The average Bonchev–Trinajstić information content (AvgIpc) is 2.81. The van der Waals surface area contributed by atoms with E-state index in [-0.39, 0.29) is 11.9 Å². The van der Waals surface area contributed by atoms with Crippen molar-refractivity contribution >= 4 is 27.4 Å². The van der Waals surface area contributed by atoms with E-state index in [0.29, 0.717) is 6.61 Å². The molecule has 104 valence electrons. The molecule has 1 unspecified atom stereocenters. The second-order valence-corrected chi connectivity index (χ2v) is 6.08. The normalized spacial score (nSPS) is 12.2. The Kier molecular flexibility index (Phi) is 7.81. The number of ether oxygens (including phenoxy) is 1. The zero-order valence-electron chi connectivity index (χ0n) is 10.9. The van der Waals surface area contributed by atoms with Gasteiger partial charge in [0.2, 0.25) is 0 Å². The second-order valence-electron chi connectivity index (χ2n) is 3.36. The third-order valence-corrected chi connectivity index (χ3v) is 3.57. The largest absolute Gasteiger partial charge is 0.466 e. The number of rotatable bonds is 4. The first-order chi connectivity index (χ1) is 8.31. The van der Waals surface area contributed by atoms with Crippen LogP contribution in [0.2, 0.25) is 0 Å². The Hall–Kier alpha value is -0.920. The summed E-state index contributed by atoms with van der Waals surface area (Å²) in [6, 6.07) is 3.89. The van der Waals surface area contributed by atoms with Crippen molar-refractivity contribution in [3.8, 4) is 0 Å². The fourth-order valence-corrected chi connectivity index (χ4v) is 1.69. The molecule has 0 saturated heterocycles. The minimum Gasteiger partial charge on any atom is -0.466 e. The van der Waals surface area contributed by atoms with Crippen molar-refractivity contribution in [3.05, 3.63) is 22.4 Å². The predicted octanol–water partition coefficient (Wildman–Crippen LogP) is 2.01. The van der Waals surface area contributed by atoms with Crippen LogP contribution >= 0.6 is 11.3 Å². The standard InChI is InChI=1S/C9H12O2S.C2H6O3S/c1-3-11-9(10)7(2)8-5-4-6-12-8;1-5-6(2,3)4/h4-7H,3H2,1-2H3;1-2H3. The van der Waals surface area contributed by atoms with Gasteiger partial charge in [-0.25, -0.2) is 0 Å². The number of hydrogen-bond donors (Lipinski definition) is 0. The molecule has 0 bridgehead atoms. The topological polar surface area (TPSA) is 69.7 Å². The van der Waals surface area contributed by atoms with E-state index in [1.807, 2.05) is 31.4 Å². The first-order valence-corrected chi connectivity index (χ1v) is 7.97. The van der Waals surface area contributed by atoms with Crippen LogP contribution in [0.4, 0.5) is 0 Å². The third kappa shape index (κ3) is 7.41. The van der Waals surface area contributed by atoms with E-state index < -0.39 is 10.1 Å². The van der Waals surface area contributed by atoms with Gasteiger partial charge in [-0.3, -0.25) is 8.98 Å². The molecule has 0 N–H and O–H groups in total. The van der Waals surface area contributed by atoms with Crippen LogP contribution in [-0.4, -0.2) is 34.4 Å². The van der Waals surface area contributed by atoms with Gasteiger partial charge in [-0.15, -0.1) is 11.3 Å². The molecule has 0 radical (unpaired) electrons. The molecule has 1 aromatic rings. The van der Waals surface area contributed by atoms with Gasteiger partial charge in [-0.2, -0.15) is 8.42 Å². The van der Waals surface area contributed by atoms with Gasteiger partial charge in [-0.1, -0.05) is 6.07 Å². The lowest BCUT2D eigenvalue weighted by Crippen LogP contribution is -2.11. The second kappa shape index (κ2) is 8.23. The van der Waals surface area contributed by atoms with Gasteiger partial charge in [0, 0.05) is 4.88 Å². The average molecular weight is 294 g/mol. The lowest BCUT2D eigenvalue weighted by molar-refractivity contribution is -0.144. The first kappa shape index (κ1) is 17.1. The maximum atomic E-state index is 11.2. The molecular formula is C11H18O5S2. The van der Waals surface area contributed by atoms with Crippen molar-refractivity contribution in [1.82, 2.24) is 0 Å². The number of esters is 1. The Balaban J connectivity index is 0.000000411. The number of carbonyl (C=O) groups excluding carboxylic acids is 1. The van der Waals surface area contributed by atoms with Crippen LogP contribution in [0.3, 0.4) is 0 Å². The zero-order chi connectivity index (χ0) is 14.2. The lowest BCUT2D eigenvalue weighted by atomic mass is 10.1. The molecule has 0 amide bonds. The molecule has 1 heterocycles. The summed E-state index contributed by atoms with van der Waals surface area (Å²) in [6.07, 6.45) is 0.993. The highest BCUT2D eigenvalue weighted by atomic mass is 32.2. The summed E-state index contributed by atoms with van der Waals surface area (Å²) in [7, 11) is -2.04. The molecule has 0 aromatic carbocycles. The Labute approximate surface area is 112 Å². The molecule has 1 aromatic heterocycles. The summed E-state index contributed by atoms with van der Waals surface area (Å²) in [5, 5.41) is 1.96. The first-order valence-electron chi connectivity index (χ1n) is 5.27. The maximum absolute atomic E-state index is 11.2. The molecule has 1 rings (SSSR count). The van der Waals surface area contributed by atoms with E-state index in [1.54, 1.807) is 11.3 Å². The molecule has 1 atom stereocenters. The molecule has 0 fully saturated rings. The van der Waals surface area contributed by atoms with Gasteiger partial charge >= 0.3 is 5.97 Å². The molecular weight excluding hydrogens is 276 g/mol. The molecule has 0 spiro atoms.